The molecule has 0 bridgehead atoms. The van der Waals surface area contributed by atoms with Crippen molar-refractivity contribution in [2.24, 2.45) is 4.99 Å². The Morgan fingerprint density at radius 1 is 1.24 bits per heavy atom. The second-order valence-corrected chi connectivity index (χ2v) is 5.98. The van der Waals surface area contributed by atoms with E-state index in [9.17, 15) is 9.18 Å². The van der Waals surface area contributed by atoms with Crippen molar-refractivity contribution in [2.45, 2.75) is 46.3 Å². The summed E-state index contributed by atoms with van der Waals surface area (Å²) in [4.78, 5) is 16.0. The number of nitrogens with zero attached hydrogens (tertiary/aromatic N) is 1. The van der Waals surface area contributed by atoms with Gasteiger partial charge in [0.15, 0.2) is 17.5 Å². The van der Waals surface area contributed by atoms with Gasteiger partial charge in [0, 0.05) is 25.6 Å². The summed E-state index contributed by atoms with van der Waals surface area (Å²) in [6.45, 7) is 9.18. The molecule has 1 aromatic carbocycles. The van der Waals surface area contributed by atoms with E-state index in [1.54, 1.807) is 18.2 Å². The number of carbonyl (C=O) groups is 1. The normalized spacial score (nSPS) is 12.6. The van der Waals surface area contributed by atoms with E-state index in [1.165, 1.54) is 6.07 Å². The highest BCUT2D eigenvalue weighted by molar-refractivity contribution is 5.81. The quantitative estimate of drug-likeness (QED) is 0.470. The van der Waals surface area contributed by atoms with Crippen LogP contribution in [0.3, 0.4) is 0 Å². The van der Waals surface area contributed by atoms with Crippen LogP contribution < -0.4 is 20.7 Å². The second-order valence-electron chi connectivity index (χ2n) is 5.98. The molecular formula is C18H29FN4O2. The molecule has 7 heteroatoms. The lowest BCUT2D eigenvalue weighted by Crippen LogP contribution is -2.40. The molecule has 0 radical (unpaired) electrons. The van der Waals surface area contributed by atoms with E-state index in [0.717, 1.165) is 0 Å². The smallest absolute Gasteiger partial charge is 0.221 e. The lowest BCUT2D eigenvalue weighted by molar-refractivity contribution is -0.121. The molecule has 0 heterocycles. The molecular weight excluding hydrogens is 323 g/mol. The Balaban J connectivity index is 2.46. The van der Waals surface area contributed by atoms with Crippen molar-refractivity contribution in [3.8, 4) is 5.75 Å². The standard InChI is InChI=1S/C18H29FN4O2/c1-5-20-18(21-11-10-17(24)23-13(2)3)22-12-14(4)25-16-9-7-6-8-15(16)19/h6-9,13-14H,5,10-12H2,1-4H3,(H,23,24)(H2,20,21,22). The van der Waals surface area contributed by atoms with E-state index in [4.69, 9.17) is 4.74 Å². The Bertz CT molecular complexity index is 564. The number of halogens is 1. The van der Waals surface area contributed by atoms with Gasteiger partial charge in [-0.3, -0.25) is 4.79 Å². The fourth-order valence-electron chi connectivity index (χ4n) is 2.04. The maximum absolute atomic E-state index is 13.6. The molecule has 1 rings (SSSR count). The van der Waals surface area contributed by atoms with E-state index < -0.39 is 0 Å². The first-order chi connectivity index (χ1) is 11.9. The first kappa shape index (κ1) is 20.7. The highest BCUT2D eigenvalue weighted by atomic mass is 19.1. The fourth-order valence-corrected chi connectivity index (χ4v) is 2.04. The molecule has 6 nitrogen and oxygen atoms in total. The average molecular weight is 352 g/mol. The van der Waals surface area contributed by atoms with Crippen LogP contribution >= 0.6 is 0 Å². The molecule has 0 aliphatic rings. The topological polar surface area (TPSA) is 74.8 Å². The monoisotopic (exact) mass is 352 g/mol. The minimum atomic E-state index is -0.389. The zero-order valence-corrected chi connectivity index (χ0v) is 15.4. The summed E-state index contributed by atoms with van der Waals surface area (Å²) in [6, 6.07) is 6.42. The lowest BCUT2D eigenvalue weighted by atomic mass is 10.3. The molecule has 140 valence electrons. The van der Waals surface area contributed by atoms with Crippen LogP contribution in [0.15, 0.2) is 29.3 Å². The molecule has 25 heavy (non-hydrogen) atoms. The summed E-state index contributed by atoms with van der Waals surface area (Å²) in [7, 11) is 0. The number of para-hydroxylation sites is 1. The van der Waals surface area contributed by atoms with E-state index in [-0.39, 0.29) is 29.6 Å². The predicted octanol–water partition coefficient (Wildman–Crippen LogP) is 2.06. The van der Waals surface area contributed by atoms with Gasteiger partial charge >= 0.3 is 0 Å². The Kier molecular flexibility index (Phi) is 9.36. The van der Waals surface area contributed by atoms with E-state index in [2.05, 4.69) is 20.9 Å². The van der Waals surface area contributed by atoms with Gasteiger partial charge in [-0.05, 0) is 39.8 Å². The fraction of sp³-hybridized carbons (Fsp3) is 0.556. The Morgan fingerprint density at radius 3 is 2.60 bits per heavy atom. The Hall–Kier alpha value is -2.31. The molecule has 0 aliphatic carbocycles. The molecule has 1 amide bonds. The molecule has 0 fully saturated rings. The second kappa shape index (κ2) is 11.3. The molecule has 0 spiro atoms. The Morgan fingerprint density at radius 2 is 1.96 bits per heavy atom. The maximum atomic E-state index is 13.6. The summed E-state index contributed by atoms with van der Waals surface area (Å²) < 4.78 is 19.1. The summed E-state index contributed by atoms with van der Waals surface area (Å²) in [5, 5.41) is 9.05. The van der Waals surface area contributed by atoms with Crippen LogP contribution in [-0.2, 0) is 4.79 Å². The molecule has 0 saturated carbocycles. The van der Waals surface area contributed by atoms with Gasteiger partial charge < -0.3 is 20.7 Å². The molecule has 0 aliphatic heterocycles. The van der Waals surface area contributed by atoms with Crippen LogP contribution in [0.1, 0.15) is 34.1 Å². The Labute approximate surface area is 149 Å². The number of benzene rings is 1. The van der Waals surface area contributed by atoms with Gasteiger partial charge in [0.2, 0.25) is 5.91 Å². The van der Waals surface area contributed by atoms with E-state index in [1.807, 2.05) is 27.7 Å². The van der Waals surface area contributed by atoms with Crippen molar-refractivity contribution >= 4 is 11.9 Å². The number of guanidine groups is 1. The summed E-state index contributed by atoms with van der Waals surface area (Å²) in [5.74, 6) is 0.423. The lowest BCUT2D eigenvalue weighted by Gasteiger charge is -2.15. The number of carbonyl (C=O) groups excluding carboxylic acids is 1. The third-order valence-electron chi connectivity index (χ3n) is 3.11. The van der Waals surface area contributed by atoms with Crippen molar-refractivity contribution in [3.63, 3.8) is 0 Å². The van der Waals surface area contributed by atoms with Gasteiger partial charge in [-0.25, -0.2) is 9.38 Å². The first-order valence-corrected chi connectivity index (χ1v) is 8.65. The van der Waals surface area contributed by atoms with E-state index >= 15 is 0 Å². The van der Waals surface area contributed by atoms with Crippen LogP contribution in [0.25, 0.3) is 0 Å². The highest BCUT2D eigenvalue weighted by Gasteiger charge is 2.08. The van der Waals surface area contributed by atoms with Gasteiger partial charge in [-0.2, -0.15) is 0 Å². The van der Waals surface area contributed by atoms with Crippen molar-refractivity contribution < 1.29 is 13.9 Å². The minimum Gasteiger partial charge on any atom is -0.486 e. The van der Waals surface area contributed by atoms with Crippen molar-refractivity contribution in [1.82, 2.24) is 16.0 Å². The van der Waals surface area contributed by atoms with Crippen molar-refractivity contribution in [2.75, 3.05) is 19.6 Å². The molecule has 1 atom stereocenters. The van der Waals surface area contributed by atoms with Crippen molar-refractivity contribution in [1.29, 1.82) is 0 Å². The molecule has 0 saturated heterocycles. The van der Waals surface area contributed by atoms with Crippen molar-refractivity contribution in [3.05, 3.63) is 30.1 Å². The van der Waals surface area contributed by atoms with E-state index in [0.29, 0.717) is 32.0 Å². The molecule has 1 aromatic rings. The molecule has 3 N–H and O–H groups in total. The number of ether oxygens (including phenoxy) is 1. The summed E-state index contributed by atoms with van der Waals surface area (Å²) in [5.41, 5.74) is 0. The number of hydrogen-bond donors (Lipinski definition) is 3. The predicted molar refractivity (Wildman–Crippen MR) is 98.4 cm³/mol. The van der Waals surface area contributed by atoms with Gasteiger partial charge in [0.25, 0.3) is 0 Å². The molecule has 1 unspecified atom stereocenters. The van der Waals surface area contributed by atoms with Crippen LogP contribution in [-0.4, -0.2) is 43.6 Å². The number of amides is 1. The zero-order chi connectivity index (χ0) is 18.7. The highest BCUT2D eigenvalue weighted by Crippen LogP contribution is 2.16. The molecule has 0 aromatic heterocycles. The maximum Gasteiger partial charge on any atom is 0.221 e. The zero-order valence-electron chi connectivity index (χ0n) is 15.4. The number of rotatable bonds is 9. The van der Waals surface area contributed by atoms with Crippen LogP contribution in [0.2, 0.25) is 0 Å². The van der Waals surface area contributed by atoms with Gasteiger partial charge in [0.1, 0.15) is 6.10 Å². The summed E-state index contributed by atoms with van der Waals surface area (Å²) >= 11 is 0. The van der Waals surface area contributed by atoms with Crippen LogP contribution in [0.5, 0.6) is 5.75 Å². The third-order valence-corrected chi connectivity index (χ3v) is 3.11. The van der Waals surface area contributed by atoms with Crippen LogP contribution in [0, 0.1) is 5.82 Å². The van der Waals surface area contributed by atoms with Gasteiger partial charge in [-0.15, -0.1) is 0 Å². The summed E-state index contributed by atoms with van der Waals surface area (Å²) in [6.07, 6.45) is 0.0840. The minimum absolute atomic E-state index is 0.00500. The average Bonchev–Trinajstić information content (AvgIpc) is 2.54. The number of aliphatic imine (C=N–C) groups is 1. The largest absolute Gasteiger partial charge is 0.486 e. The number of nitrogens with one attached hydrogen (secondary N) is 3. The van der Waals surface area contributed by atoms with Gasteiger partial charge in [-0.1, -0.05) is 12.1 Å². The SMILES string of the molecule is CCNC(=NCC(C)Oc1ccccc1F)NCCC(=O)NC(C)C. The van der Waals surface area contributed by atoms with Crippen LogP contribution in [0.4, 0.5) is 4.39 Å². The number of hydrogen-bond acceptors (Lipinski definition) is 3. The first-order valence-electron chi connectivity index (χ1n) is 8.65. The third kappa shape index (κ3) is 8.93. The van der Waals surface area contributed by atoms with Gasteiger partial charge in [0.05, 0.1) is 6.54 Å².